The molecular formula is C8H8ClF2NO. The Hall–Kier alpha value is -0.740. The summed E-state index contributed by atoms with van der Waals surface area (Å²) in [5.41, 5.74) is 0.236. The van der Waals surface area contributed by atoms with Crippen molar-refractivity contribution in [1.82, 2.24) is 4.98 Å². The Bertz CT molecular complexity index is 293. The average Bonchev–Trinajstić information content (AvgIpc) is 2.16. The van der Waals surface area contributed by atoms with Crippen LogP contribution in [0, 0.1) is 0 Å². The van der Waals surface area contributed by atoms with Crippen LogP contribution >= 0.6 is 11.6 Å². The molecule has 0 spiro atoms. The van der Waals surface area contributed by atoms with Crippen molar-refractivity contribution >= 4 is 11.6 Å². The van der Waals surface area contributed by atoms with E-state index in [2.05, 4.69) is 4.98 Å². The molecule has 0 aliphatic heterocycles. The highest BCUT2D eigenvalue weighted by atomic mass is 35.5. The second-order valence-corrected chi connectivity index (χ2v) is 2.70. The maximum absolute atomic E-state index is 12.3. The molecule has 1 N–H and O–H groups in total. The standard InChI is InChI=1S/C8H8ClF2NO/c9-3-5-1-2-6(8(10)11)7(4-13)12-5/h1-2,8,13H,3-4H2. The first kappa shape index (κ1) is 10.3. The van der Waals surface area contributed by atoms with E-state index in [1.54, 1.807) is 0 Å². The van der Waals surface area contributed by atoms with Crippen molar-refractivity contribution in [2.45, 2.75) is 18.9 Å². The highest BCUT2D eigenvalue weighted by Gasteiger charge is 2.13. The Morgan fingerprint density at radius 2 is 2.15 bits per heavy atom. The summed E-state index contributed by atoms with van der Waals surface area (Å²) in [6, 6.07) is 2.66. The number of alkyl halides is 3. The van der Waals surface area contributed by atoms with Crippen LogP contribution in [0.5, 0.6) is 0 Å². The number of rotatable bonds is 3. The molecule has 0 unspecified atom stereocenters. The molecule has 1 rings (SSSR count). The zero-order valence-corrected chi connectivity index (χ0v) is 7.43. The van der Waals surface area contributed by atoms with Gasteiger partial charge in [-0.25, -0.2) is 8.78 Å². The lowest BCUT2D eigenvalue weighted by Crippen LogP contribution is -2.00. The minimum absolute atomic E-state index is 0.00634. The highest BCUT2D eigenvalue weighted by Crippen LogP contribution is 2.22. The molecule has 1 aromatic rings. The van der Waals surface area contributed by atoms with Crippen LogP contribution in [0.15, 0.2) is 12.1 Å². The molecule has 72 valence electrons. The second-order valence-electron chi connectivity index (χ2n) is 2.43. The number of pyridine rings is 1. The predicted octanol–water partition coefficient (Wildman–Crippen LogP) is 2.25. The lowest BCUT2D eigenvalue weighted by atomic mass is 10.2. The lowest BCUT2D eigenvalue weighted by Gasteiger charge is -2.06. The third kappa shape index (κ3) is 2.35. The van der Waals surface area contributed by atoms with Gasteiger partial charge in [0.1, 0.15) is 0 Å². The van der Waals surface area contributed by atoms with Gasteiger partial charge in [0.15, 0.2) is 0 Å². The largest absolute Gasteiger partial charge is 0.390 e. The van der Waals surface area contributed by atoms with Gasteiger partial charge < -0.3 is 5.11 Å². The lowest BCUT2D eigenvalue weighted by molar-refractivity contribution is 0.146. The molecule has 1 heterocycles. The summed E-state index contributed by atoms with van der Waals surface area (Å²) in [7, 11) is 0. The number of aromatic nitrogens is 1. The molecule has 1 aromatic heterocycles. The van der Waals surface area contributed by atoms with Crippen molar-refractivity contribution in [2.75, 3.05) is 0 Å². The van der Waals surface area contributed by atoms with Gasteiger partial charge in [-0.2, -0.15) is 0 Å². The summed E-state index contributed by atoms with van der Waals surface area (Å²) in [6.07, 6.45) is -2.61. The van der Waals surface area contributed by atoms with Crippen molar-refractivity contribution in [3.05, 3.63) is 29.1 Å². The fourth-order valence-corrected chi connectivity index (χ4v) is 1.11. The molecular weight excluding hydrogens is 200 g/mol. The Morgan fingerprint density at radius 3 is 2.62 bits per heavy atom. The molecule has 0 bridgehead atoms. The van der Waals surface area contributed by atoms with Gasteiger partial charge in [0.2, 0.25) is 0 Å². The minimum atomic E-state index is -2.61. The van der Waals surface area contributed by atoms with E-state index in [1.807, 2.05) is 0 Å². The van der Waals surface area contributed by atoms with Crippen LogP contribution in [-0.2, 0) is 12.5 Å². The van der Waals surface area contributed by atoms with E-state index in [0.29, 0.717) is 5.69 Å². The number of halogens is 3. The average molecular weight is 208 g/mol. The number of aliphatic hydroxyl groups excluding tert-OH is 1. The maximum atomic E-state index is 12.3. The summed E-state index contributed by atoms with van der Waals surface area (Å²) in [4.78, 5) is 3.77. The predicted molar refractivity (Wildman–Crippen MR) is 44.7 cm³/mol. The molecule has 0 atom stereocenters. The smallest absolute Gasteiger partial charge is 0.265 e. The number of nitrogens with zero attached hydrogens (tertiary/aromatic N) is 1. The first-order valence-electron chi connectivity index (χ1n) is 3.62. The zero-order valence-electron chi connectivity index (χ0n) is 6.67. The van der Waals surface area contributed by atoms with Crippen LogP contribution < -0.4 is 0 Å². The molecule has 0 radical (unpaired) electrons. The molecule has 13 heavy (non-hydrogen) atoms. The number of hydrogen-bond acceptors (Lipinski definition) is 2. The van der Waals surface area contributed by atoms with Gasteiger partial charge in [-0.05, 0) is 12.1 Å². The third-order valence-electron chi connectivity index (χ3n) is 1.59. The summed E-state index contributed by atoms with van der Waals surface area (Å²) < 4.78 is 24.5. The SMILES string of the molecule is OCc1nc(CCl)ccc1C(F)F. The van der Waals surface area contributed by atoms with E-state index in [0.717, 1.165) is 0 Å². The van der Waals surface area contributed by atoms with E-state index in [-0.39, 0.29) is 17.1 Å². The van der Waals surface area contributed by atoms with E-state index in [4.69, 9.17) is 16.7 Å². The summed E-state index contributed by atoms with van der Waals surface area (Å²) in [5, 5.41) is 8.75. The Kier molecular flexibility index (Phi) is 3.57. The van der Waals surface area contributed by atoms with Crippen LogP contribution in [0.3, 0.4) is 0 Å². The Balaban J connectivity index is 3.08. The number of hydrogen-bond donors (Lipinski definition) is 1. The summed E-state index contributed by atoms with van der Waals surface area (Å²) in [6.45, 7) is -0.496. The maximum Gasteiger partial charge on any atom is 0.265 e. The fraction of sp³-hybridized carbons (Fsp3) is 0.375. The van der Waals surface area contributed by atoms with E-state index in [1.165, 1.54) is 12.1 Å². The van der Waals surface area contributed by atoms with Gasteiger partial charge in [-0.1, -0.05) is 0 Å². The van der Waals surface area contributed by atoms with Gasteiger partial charge in [0.25, 0.3) is 6.43 Å². The minimum Gasteiger partial charge on any atom is -0.390 e. The summed E-state index contributed by atoms with van der Waals surface area (Å²) >= 11 is 5.46. The molecule has 2 nitrogen and oxygen atoms in total. The van der Waals surface area contributed by atoms with Crippen molar-refractivity contribution in [1.29, 1.82) is 0 Å². The molecule has 0 saturated carbocycles. The van der Waals surface area contributed by atoms with Crippen LogP contribution in [0.1, 0.15) is 23.4 Å². The third-order valence-corrected chi connectivity index (χ3v) is 1.86. The van der Waals surface area contributed by atoms with Gasteiger partial charge >= 0.3 is 0 Å². The van der Waals surface area contributed by atoms with E-state index < -0.39 is 13.0 Å². The number of aliphatic hydroxyl groups is 1. The van der Waals surface area contributed by atoms with Crippen LogP contribution in [0.2, 0.25) is 0 Å². The molecule has 0 amide bonds. The molecule has 0 saturated heterocycles. The van der Waals surface area contributed by atoms with E-state index in [9.17, 15) is 8.78 Å². The zero-order chi connectivity index (χ0) is 9.84. The molecule has 5 heteroatoms. The quantitative estimate of drug-likeness (QED) is 0.772. The van der Waals surface area contributed by atoms with Gasteiger partial charge in [0, 0.05) is 5.56 Å². The van der Waals surface area contributed by atoms with Crippen LogP contribution in [0.25, 0.3) is 0 Å². The first-order valence-corrected chi connectivity index (χ1v) is 4.16. The van der Waals surface area contributed by atoms with Crippen LogP contribution in [0.4, 0.5) is 8.78 Å². The van der Waals surface area contributed by atoms with Crippen molar-refractivity contribution in [3.8, 4) is 0 Å². The normalized spacial score (nSPS) is 10.8. The van der Waals surface area contributed by atoms with Gasteiger partial charge in [-0.15, -0.1) is 11.6 Å². The van der Waals surface area contributed by atoms with Gasteiger partial charge in [-0.3, -0.25) is 4.98 Å². The van der Waals surface area contributed by atoms with Gasteiger partial charge in [0.05, 0.1) is 23.9 Å². The topological polar surface area (TPSA) is 33.1 Å². The Labute approximate surface area is 79.2 Å². The summed E-state index contributed by atoms with van der Waals surface area (Å²) in [5.74, 6) is 0.149. The molecule has 0 aliphatic carbocycles. The van der Waals surface area contributed by atoms with Crippen molar-refractivity contribution in [3.63, 3.8) is 0 Å². The monoisotopic (exact) mass is 207 g/mol. The first-order chi connectivity index (χ1) is 6.19. The second kappa shape index (κ2) is 4.48. The van der Waals surface area contributed by atoms with Crippen LogP contribution in [-0.4, -0.2) is 10.1 Å². The molecule has 0 fully saturated rings. The Morgan fingerprint density at radius 1 is 1.46 bits per heavy atom. The van der Waals surface area contributed by atoms with E-state index >= 15 is 0 Å². The molecule has 0 aliphatic rings. The van der Waals surface area contributed by atoms with Crippen molar-refractivity contribution in [2.24, 2.45) is 0 Å². The van der Waals surface area contributed by atoms with Crippen molar-refractivity contribution < 1.29 is 13.9 Å². The fourth-order valence-electron chi connectivity index (χ4n) is 0.957. The highest BCUT2D eigenvalue weighted by molar-refractivity contribution is 6.16. The molecule has 0 aromatic carbocycles.